The maximum atomic E-state index is 12.7. The summed E-state index contributed by atoms with van der Waals surface area (Å²) in [5.41, 5.74) is 0. The molecule has 11 heteroatoms. The zero-order chi connectivity index (χ0) is 22.8. The molecule has 2 rings (SSSR count). The van der Waals surface area contributed by atoms with E-state index in [1.807, 2.05) is 6.07 Å². The standard InChI is InChI=1S/C20H27N5O6/c1-14(26)13-24-9-10-25(15(20(24)30)11-19(29)31-2)18(28)12-23-17(27)6-8-22-16-5-3-4-7-21-16/h3-5,7,15H,6,8-13H2,1-2H3,(H,21,22)(H,23,27). The molecule has 0 radical (unpaired) electrons. The number of esters is 1. The van der Waals surface area contributed by atoms with Crippen molar-refractivity contribution < 1.29 is 28.7 Å². The Labute approximate surface area is 180 Å². The number of amides is 3. The van der Waals surface area contributed by atoms with Crippen LogP contribution in [-0.2, 0) is 28.7 Å². The van der Waals surface area contributed by atoms with Gasteiger partial charge in [-0.2, -0.15) is 0 Å². The molecule has 11 nitrogen and oxygen atoms in total. The highest BCUT2D eigenvalue weighted by Gasteiger charge is 2.39. The van der Waals surface area contributed by atoms with Gasteiger partial charge >= 0.3 is 5.97 Å². The molecule has 168 valence electrons. The molecule has 2 N–H and O–H groups in total. The van der Waals surface area contributed by atoms with E-state index >= 15 is 0 Å². The highest BCUT2D eigenvalue weighted by atomic mass is 16.5. The van der Waals surface area contributed by atoms with Gasteiger partial charge in [0.15, 0.2) is 0 Å². The Hall–Kier alpha value is -3.50. The van der Waals surface area contributed by atoms with Crippen molar-refractivity contribution in [3.8, 4) is 0 Å². The largest absolute Gasteiger partial charge is 0.469 e. The first-order valence-corrected chi connectivity index (χ1v) is 9.88. The third-order valence-corrected chi connectivity index (χ3v) is 4.67. The number of aromatic nitrogens is 1. The molecule has 1 aromatic heterocycles. The lowest BCUT2D eigenvalue weighted by Crippen LogP contribution is -2.61. The molecule has 0 spiro atoms. The molecule has 3 amide bonds. The number of hydrogen-bond acceptors (Lipinski definition) is 8. The number of pyridine rings is 1. The monoisotopic (exact) mass is 433 g/mol. The lowest BCUT2D eigenvalue weighted by atomic mass is 10.1. The van der Waals surface area contributed by atoms with Gasteiger partial charge < -0.3 is 25.2 Å². The Balaban J connectivity index is 1.88. The number of carbonyl (C=O) groups excluding carboxylic acids is 5. The van der Waals surface area contributed by atoms with E-state index in [4.69, 9.17) is 0 Å². The number of hydrogen-bond donors (Lipinski definition) is 2. The SMILES string of the molecule is COC(=O)CC1C(=O)N(CC(C)=O)CCN1C(=O)CNC(=O)CCNc1ccccn1. The quantitative estimate of drug-likeness (QED) is 0.457. The molecule has 1 unspecified atom stereocenters. The van der Waals surface area contributed by atoms with E-state index < -0.39 is 23.8 Å². The number of piperazine rings is 1. The highest BCUT2D eigenvalue weighted by Crippen LogP contribution is 2.16. The third kappa shape index (κ3) is 7.36. The van der Waals surface area contributed by atoms with E-state index in [1.165, 1.54) is 23.8 Å². The molecule has 1 aromatic rings. The van der Waals surface area contributed by atoms with Gasteiger partial charge in [0.05, 0.1) is 26.6 Å². The zero-order valence-electron chi connectivity index (χ0n) is 17.6. The molecule has 2 heterocycles. The van der Waals surface area contributed by atoms with Crippen LogP contribution in [0.3, 0.4) is 0 Å². The Kier molecular flexibility index (Phi) is 8.92. The van der Waals surface area contributed by atoms with E-state index in [2.05, 4.69) is 20.4 Å². The number of rotatable bonds is 10. The second-order valence-electron chi connectivity index (χ2n) is 7.01. The maximum Gasteiger partial charge on any atom is 0.308 e. The Morgan fingerprint density at radius 3 is 2.65 bits per heavy atom. The lowest BCUT2D eigenvalue weighted by molar-refractivity contribution is -0.157. The molecule has 1 saturated heterocycles. The molecule has 1 fully saturated rings. The number of anilines is 1. The fourth-order valence-corrected chi connectivity index (χ4v) is 3.14. The molecular weight excluding hydrogens is 406 g/mol. The minimum absolute atomic E-state index is 0.0848. The molecule has 0 bridgehead atoms. The fourth-order valence-electron chi connectivity index (χ4n) is 3.14. The number of ether oxygens (including phenoxy) is 1. The van der Waals surface area contributed by atoms with Crippen molar-refractivity contribution in [3.63, 3.8) is 0 Å². The van der Waals surface area contributed by atoms with Crippen LogP contribution < -0.4 is 10.6 Å². The van der Waals surface area contributed by atoms with Crippen LogP contribution in [0.2, 0.25) is 0 Å². The van der Waals surface area contributed by atoms with Gasteiger partial charge in [-0.05, 0) is 19.1 Å². The first-order valence-electron chi connectivity index (χ1n) is 9.88. The number of ketones is 1. The number of nitrogens with one attached hydrogen (secondary N) is 2. The van der Waals surface area contributed by atoms with Crippen molar-refractivity contribution in [1.82, 2.24) is 20.1 Å². The molecule has 0 saturated carbocycles. The van der Waals surface area contributed by atoms with Gasteiger partial charge in [0.25, 0.3) is 0 Å². The van der Waals surface area contributed by atoms with Crippen LogP contribution in [0.4, 0.5) is 5.82 Å². The first-order chi connectivity index (χ1) is 14.8. The van der Waals surface area contributed by atoms with Gasteiger partial charge in [-0.25, -0.2) is 4.98 Å². The number of nitrogens with zero attached hydrogens (tertiary/aromatic N) is 3. The molecule has 1 atom stereocenters. The van der Waals surface area contributed by atoms with Gasteiger partial charge in [0, 0.05) is 32.3 Å². The zero-order valence-corrected chi connectivity index (χ0v) is 17.6. The van der Waals surface area contributed by atoms with Crippen LogP contribution in [0.15, 0.2) is 24.4 Å². The minimum atomic E-state index is -1.07. The Bertz CT molecular complexity index is 816. The second kappa shape index (κ2) is 11.6. The van der Waals surface area contributed by atoms with E-state index in [-0.39, 0.29) is 50.7 Å². The average Bonchev–Trinajstić information content (AvgIpc) is 2.75. The van der Waals surface area contributed by atoms with Gasteiger partial charge in [-0.15, -0.1) is 0 Å². The highest BCUT2D eigenvalue weighted by molar-refractivity contribution is 5.95. The van der Waals surface area contributed by atoms with Crippen LogP contribution in [0.1, 0.15) is 19.8 Å². The van der Waals surface area contributed by atoms with Crippen molar-refractivity contribution >= 4 is 35.3 Å². The predicted molar refractivity (Wildman–Crippen MR) is 110 cm³/mol. The molecule has 31 heavy (non-hydrogen) atoms. The van der Waals surface area contributed by atoms with Crippen molar-refractivity contribution in [2.75, 3.05) is 45.2 Å². The summed E-state index contributed by atoms with van der Waals surface area (Å²) in [6, 6.07) is 4.29. The van der Waals surface area contributed by atoms with E-state index in [1.54, 1.807) is 18.3 Å². The summed E-state index contributed by atoms with van der Waals surface area (Å²) in [6.45, 7) is 1.63. The van der Waals surface area contributed by atoms with Crippen molar-refractivity contribution in [2.45, 2.75) is 25.8 Å². The summed E-state index contributed by atoms with van der Waals surface area (Å²) < 4.78 is 4.63. The van der Waals surface area contributed by atoms with Gasteiger partial charge in [-0.3, -0.25) is 24.0 Å². The van der Waals surface area contributed by atoms with Crippen LogP contribution in [0, 0.1) is 0 Å². The summed E-state index contributed by atoms with van der Waals surface area (Å²) in [6.07, 6.45) is 1.43. The molecule has 1 aliphatic heterocycles. The summed E-state index contributed by atoms with van der Waals surface area (Å²) in [7, 11) is 1.19. The van der Waals surface area contributed by atoms with E-state index in [0.29, 0.717) is 12.4 Å². The topological polar surface area (TPSA) is 138 Å². The van der Waals surface area contributed by atoms with Crippen molar-refractivity contribution in [2.24, 2.45) is 0 Å². The number of carbonyl (C=O) groups is 5. The second-order valence-corrected chi connectivity index (χ2v) is 7.01. The molecular formula is C20H27N5O6. The van der Waals surface area contributed by atoms with Gasteiger partial charge in [0.2, 0.25) is 17.7 Å². The number of Topliss-reactive ketones (excluding diaryl/α,β-unsaturated/α-hetero) is 1. The van der Waals surface area contributed by atoms with Gasteiger partial charge in [-0.1, -0.05) is 6.07 Å². The van der Waals surface area contributed by atoms with Crippen LogP contribution in [0.5, 0.6) is 0 Å². The summed E-state index contributed by atoms with van der Waals surface area (Å²) in [5, 5.41) is 5.52. The molecule has 0 aliphatic carbocycles. The summed E-state index contributed by atoms with van der Waals surface area (Å²) in [4.78, 5) is 67.2. The van der Waals surface area contributed by atoms with E-state index in [0.717, 1.165) is 0 Å². The lowest BCUT2D eigenvalue weighted by Gasteiger charge is -2.40. The normalized spacial score (nSPS) is 15.9. The van der Waals surface area contributed by atoms with Crippen LogP contribution in [-0.4, -0.2) is 90.1 Å². The predicted octanol–water partition coefficient (Wildman–Crippen LogP) is -0.809. The Morgan fingerprint density at radius 1 is 1.23 bits per heavy atom. The summed E-state index contributed by atoms with van der Waals surface area (Å²) in [5.74, 6) is -1.54. The fraction of sp³-hybridized carbons (Fsp3) is 0.500. The third-order valence-electron chi connectivity index (χ3n) is 4.67. The maximum absolute atomic E-state index is 12.7. The van der Waals surface area contributed by atoms with Gasteiger partial charge in [0.1, 0.15) is 17.6 Å². The smallest absolute Gasteiger partial charge is 0.308 e. The average molecular weight is 433 g/mol. The van der Waals surface area contributed by atoms with Crippen LogP contribution in [0.25, 0.3) is 0 Å². The van der Waals surface area contributed by atoms with E-state index in [9.17, 15) is 24.0 Å². The first kappa shape index (κ1) is 23.8. The summed E-state index contributed by atoms with van der Waals surface area (Å²) >= 11 is 0. The van der Waals surface area contributed by atoms with Crippen LogP contribution >= 0.6 is 0 Å². The van der Waals surface area contributed by atoms with Crippen molar-refractivity contribution in [3.05, 3.63) is 24.4 Å². The Morgan fingerprint density at radius 2 is 2.00 bits per heavy atom. The molecule has 1 aliphatic rings. The molecule has 0 aromatic carbocycles. The number of methoxy groups -OCH3 is 1. The minimum Gasteiger partial charge on any atom is -0.469 e. The van der Waals surface area contributed by atoms with Crippen molar-refractivity contribution in [1.29, 1.82) is 0 Å².